The zero-order valence-electron chi connectivity index (χ0n) is 20.8. The van der Waals surface area contributed by atoms with Gasteiger partial charge in [0, 0.05) is 6.42 Å². The third kappa shape index (κ3) is 5.32. The number of unbranched alkanes of at least 4 members (excludes halogenated alkanes) is 3. The minimum absolute atomic E-state index is 0.144. The number of ketones is 1. The first kappa shape index (κ1) is 27.8. The number of halogens is 1. The molecule has 0 spiro atoms. The summed E-state index contributed by atoms with van der Waals surface area (Å²) in [7, 11) is 0. The Morgan fingerprint density at radius 2 is 2.06 bits per heavy atom. The molecule has 13 heteroatoms. The first-order chi connectivity index (χ1) is 17.1. The number of hydrogen-bond donors (Lipinski definition) is 3. The summed E-state index contributed by atoms with van der Waals surface area (Å²) in [6.07, 6.45) is -0.555. The topological polar surface area (TPSA) is 182 Å². The summed E-state index contributed by atoms with van der Waals surface area (Å²) in [5.41, 5.74) is 9.39. The Morgan fingerprint density at radius 3 is 2.67 bits per heavy atom. The molecule has 1 fully saturated rings. The average molecular weight is 511 g/mol. The number of ether oxygens (including phenoxy) is 2. The summed E-state index contributed by atoms with van der Waals surface area (Å²) >= 11 is 0. The van der Waals surface area contributed by atoms with E-state index in [2.05, 4.69) is 15.0 Å². The predicted octanol–water partition coefficient (Wildman–Crippen LogP) is 0.203. The van der Waals surface area contributed by atoms with Crippen LogP contribution in [-0.4, -0.2) is 88.6 Å². The summed E-state index contributed by atoms with van der Waals surface area (Å²) in [5.74, 6) is -3.45. The van der Waals surface area contributed by atoms with Crippen LogP contribution in [0.15, 0.2) is 15.0 Å². The Morgan fingerprint density at radius 1 is 1.33 bits per heavy atom. The van der Waals surface area contributed by atoms with Gasteiger partial charge in [-0.1, -0.05) is 40.0 Å². The number of aliphatic hydroxyl groups is 1. The number of esters is 1. The summed E-state index contributed by atoms with van der Waals surface area (Å²) in [5, 5.41) is 9.36. The molecule has 0 aromatic carbocycles. The van der Waals surface area contributed by atoms with Gasteiger partial charge in [-0.2, -0.15) is 9.98 Å². The number of amidine groups is 1. The third-order valence-corrected chi connectivity index (χ3v) is 6.56. The second-order valence-corrected chi connectivity index (χ2v) is 9.55. The molecule has 5 N–H and O–H groups in total. The Kier molecular flexibility index (Phi) is 8.90. The predicted molar refractivity (Wildman–Crippen MR) is 129 cm³/mol. The SMILES string of the molecule is CCCCCCC(OC(=O)[C@@H](N)C(C)C)C(=O)C12N=CN([C@H]3CC(F)[C@@H](CO)O3)C1=NC(N)=NC2=O. The number of rotatable bonds is 12. The van der Waals surface area contributed by atoms with Gasteiger partial charge in [0.2, 0.25) is 11.7 Å². The van der Waals surface area contributed by atoms with Gasteiger partial charge in [-0.3, -0.25) is 19.3 Å². The minimum atomic E-state index is -2.26. The second-order valence-electron chi connectivity index (χ2n) is 9.55. The molecule has 0 aromatic rings. The number of hydrogen-bond acceptors (Lipinski definition) is 11. The van der Waals surface area contributed by atoms with Gasteiger partial charge in [-0.15, -0.1) is 0 Å². The maximum Gasteiger partial charge on any atom is 0.323 e. The Balaban J connectivity index is 1.93. The van der Waals surface area contributed by atoms with Crippen LogP contribution in [0.5, 0.6) is 0 Å². The number of carbonyl (C=O) groups excluding carboxylic acids is 3. The van der Waals surface area contributed by atoms with E-state index in [0.29, 0.717) is 6.42 Å². The number of carbonyl (C=O) groups is 3. The standard InChI is InChI=1S/C23H35FN6O6/c1-4-5-6-7-8-14(36-19(33)17(25)12(2)3)18(32)23-20(28-22(26)29-21(23)34)30(11-27-23)16-9-13(24)15(10-31)35-16/h11-17,31H,4-10,25H2,1-3H3,(H2,26,29,34)/t13?,14?,15-,16-,17+,23?/m1/s1. The van der Waals surface area contributed by atoms with Crippen LogP contribution >= 0.6 is 0 Å². The van der Waals surface area contributed by atoms with Crippen molar-refractivity contribution in [2.75, 3.05) is 6.61 Å². The molecule has 36 heavy (non-hydrogen) atoms. The van der Waals surface area contributed by atoms with E-state index in [4.69, 9.17) is 20.9 Å². The van der Waals surface area contributed by atoms with E-state index in [1.54, 1.807) is 13.8 Å². The maximum absolute atomic E-state index is 14.3. The molecule has 0 saturated carbocycles. The summed E-state index contributed by atoms with van der Waals surface area (Å²) in [6.45, 7) is 4.97. The van der Waals surface area contributed by atoms with Gasteiger partial charge in [-0.05, 0) is 18.8 Å². The third-order valence-electron chi connectivity index (χ3n) is 6.56. The molecule has 0 aromatic heterocycles. The van der Waals surface area contributed by atoms with Crippen LogP contribution in [0, 0.1) is 5.92 Å². The number of alkyl halides is 1. The van der Waals surface area contributed by atoms with Crippen molar-refractivity contribution >= 4 is 35.8 Å². The molecule has 3 aliphatic heterocycles. The number of fused-ring (bicyclic) bond motifs is 1. The van der Waals surface area contributed by atoms with Crippen LogP contribution in [0.4, 0.5) is 4.39 Å². The Hall–Kier alpha value is -2.77. The number of amides is 1. The van der Waals surface area contributed by atoms with E-state index < -0.39 is 66.4 Å². The van der Waals surface area contributed by atoms with Crippen molar-refractivity contribution in [3.63, 3.8) is 0 Å². The van der Waals surface area contributed by atoms with Crippen molar-refractivity contribution in [2.45, 2.75) is 95.5 Å². The first-order valence-electron chi connectivity index (χ1n) is 12.3. The fourth-order valence-electron chi connectivity index (χ4n) is 4.29. The molecule has 6 atom stereocenters. The number of nitrogens with two attached hydrogens (primary N) is 2. The molecule has 3 heterocycles. The van der Waals surface area contributed by atoms with E-state index in [1.165, 1.54) is 4.90 Å². The van der Waals surface area contributed by atoms with Crippen LogP contribution in [0.3, 0.4) is 0 Å². The summed E-state index contributed by atoms with van der Waals surface area (Å²) in [6, 6.07) is -0.968. The number of Topliss-reactive ketones (excluding diaryl/α,β-unsaturated/α-hetero) is 1. The zero-order chi connectivity index (χ0) is 26.6. The van der Waals surface area contributed by atoms with Crippen molar-refractivity contribution in [1.29, 1.82) is 0 Å². The highest BCUT2D eigenvalue weighted by Gasteiger charge is 2.61. The lowest BCUT2D eigenvalue weighted by Crippen LogP contribution is -2.60. The molecule has 0 radical (unpaired) electrons. The molecule has 0 aliphatic carbocycles. The molecule has 3 aliphatic rings. The fraction of sp³-hybridized carbons (Fsp3) is 0.739. The summed E-state index contributed by atoms with van der Waals surface area (Å²) in [4.78, 5) is 53.0. The quantitative estimate of drug-likeness (QED) is 0.188. The van der Waals surface area contributed by atoms with Crippen LogP contribution in [0.1, 0.15) is 59.3 Å². The maximum atomic E-state index is 14.3. The first-order valence-corrected chi connectivity index (χ1v) is 12.3. The molecular weight excluding hydrogens is 475 g/mol. The molecule has 3 unspecified atom stereocenters. The molecular formula is C23H35FN6O6. The lowest BCUT2D eigenvalue weighted by molar-refractivity contribution is -0.159. The van der Waals surface area contributed by atoms with Gasteiger partial charge < -0.3 is 26.0 Å². The zero-order valence-corrected chi connectivity index (χ0v) is 20.8. The molecule has 200 valence electrons. The van der Waals surface area contributed by atoms with Gasteiger partial charge in [0.15, 0.2) is 11.9 Å². The van der Waals surface area contributed by atoms with E-state index in [1.807, 2.05) is 6.92 Å². The normalized spacial score (nSPS) is 29.1. The van der Waals surface area contributed by atoms with Gasteiger partial charge >= 0.3 is 5.97 Å². The van der Waals surface area contributed by atoms with Crippen LogP contribution in [0.2, 0.25) is 0 Å². The van der Waals surface area contributed by atoms with Crippen molar-refractivity contribution in [3.05, 3.63) is 0 Å². The highest BCUT2D eigenvalue weighted by Crippen LogP contribution is 2.35. The van der Waals surface area contributed by atoms with Gasteiger partial charge in [-0.25, -0.2) is 9.38 Å². The largest absolute Gasteiger partial charge is 0.453 e. The van der Waals surface area contributed by atoms with Crippen molar-refractivity contribution < 1.29 is 33.4 Å². The highest BCUT2D eigenvalue weighted by atomic mass is 19.1. The Bertz CT molecular complexity index is 955. The molecule has 12 nitrogen and oxygen atoms in total. The monoisotopic (exact) mass is 510 g/mol. The van der Waals surface area contributed by atoms with E-state index in [9.17, 15) is 23.9 Å². The lowest BCUT2D eigenvalue weighted by Gasteiger charge is -2.32. The van der Waals surface area contributed by atoms with Crippen LogP contribution in [0.25, 0.3) is 0 Å². The van der Waals surface area contributed by atoms with Gasteiger partial charge in [0.1, 0.15) is 24.5 Å². The van der Waals surface area contributed by atoms with Crippen molar-refractivity contribution in [3.8, 4) is 0 Å². The number of aliphatic hydroxyl groups excluding tert-OH is 1. The second kappa shape index (κ2) is 11.5. The Labute approximate surface area is 209 Å². The lowest BCUT2D eigenvalue weighted by atomic mass is 9.86. The fourth-order valence-corrected chi connectivity index (χ4v) is 4.29. The van der Waals surface area contributed by atoms with E-state index in [-0.39, 0.29) is 24.6 Å². The van der Waals surface area contributed by atoms with Crippen LogP contribution in [-0.2, 0) is 23.9 Å². The van der Waals surface area contributed by atoms with Crippen LogP contribution < -0.4 is 11.5 Å². The highest BCUT2D eigenvalue weighted by molar-refractivity contribution is 6.38. The smallest absolute Gasteiger partial charge is 0.323 e. The summed E-state index contributed by atoms with van der Waals surface area (Å²) < 4.78 is 25.4. The van der Waals surface area contributed by atoms with Crippen molar-refractivity contribution in [1.82, 2.24) is 4.90 Å². The van der Waals surface area contributed by atoms with E-state index in [0.717, 1.165) is 25.6 Å². The molecule has 0 bridgehead atoms. The van der Waals surface area contributed by atoms with Crippen molar-refractivity contribution in [2.24, 2.45) is 32.4 Å². The van der Waals surface area contributed by atoms with Gasteiger partial charge in [0.25, 0.3) is 11.4 Å². The number of aliphatic imine (C=N–C) groups is 3. The molecule has 1 amide bonds. The average Bonchev–Trinajstić information content (AvgIpc) is 3.40. The molecule has 1 saturated heterocycles. The number of nitrogens with zero attached hydrogens (tertiary/aromatic N) is 4. The molecule has 3 rings (SSSR count). The van der Waals surface area contributed by atoms with Gasteiger partial charge in [0.05, 0.1) is 12.9 Å². The number of guanidine groups is 1. The minimum Gasteiger partial charge on any atom is -0.453 e. The van der Waals surface area contributed by atoms with E-state index >= 15 is 0 Å².